The second-order valence-corrected chi connectivity index (χ2v) is 5.45. The molecule has 1 aromatic carbocycles. The lowest BCUT2D eigenvalue weighted by atomic mass is 10.1. The molecule has 0 amide bonds. The Bertz CT molecular complexity index is 552. The van der Waals surface area contributed by atoms with Crippen molar-refractivity contribution in [2.24, 2.45) is 5.92 Å². The van der Waals surface area contributed by atoms with Gasteiger partial charge in [0, 0.05) is 18.0 Å². The van der Waals surface area contributed by atoms with Gasteiger partial charge in [-0.25, -0.2) is 4.98 Å². The summed E-state index contributed by atoms with van der Waals surface area (Å²) in [7, 11) is 0. The molecule has 0 saturated carbocycles. The second-order valence-electron chi connectivity index (χ2n) is 5.45. The quantitative estimate of drug-likeness (QED) is 0.833. The molecule has 0 aliphatic carbocycles. The average Bonchev–Trinajstić information content (AvgIpc) is 2.44. The topological polar surface area (TPSA) is 34.1 Å². The zero-order valence-corrected chi connectivity index (χ0v) is 12.6. The van der Waals surface area contributed by atoms with Crippen LogP contribution in [0.4, 0.5) is 0 Å². The minimum absolute atomic E-state index is 0.650. The van der Waals surface area contributed by atoms with Crippen LogP contribution in [0.25, 0.3) is 10.9 Å². The van der Waals surface area contributed by atoms with E-state index in [1.165, 1.54) is 10.9 Å². The molecule has 0 aliphatic rings. The molecule has 0 bridgehead atoms. The predicted molar refractivity (Wildman–Crippen MR) is 84.1 cm³/mol. The van der Waals surface area contributed by atoms with Gasteiger partial charge in [0.05, 0.1) is 12.1 Å². The maximum Gasteiger partial charge on any atom is 0.214 e. The number of nitrogens with one attached hydrogen (secondary N) is 1. The van der Waals surface area contributed by atoms with Crippen molar-refractivity contribution in [2.45, 2.75) is 33.7 Å². The normalized spacial score (nSPS) is 11.2. The summed E-state index contributed by atoms with van der Waals surface area (Å²) in [5.41, 5.74) is 2.25. The van der Waals surface area contributed by atoms with Gasteiger partial charge in [0.1, 0.15) is 0 Å². The smallest absolute Gasteiger partial charge is 0.214 e. The zero-order chi connectivity index (χ0) is 14.4. The van der Waals surface area contributed by atoms with Crippen molar-refractivity contribution in [1.29, 1.82) is 0 Å². The van der Waals surface area contributed by atoms with Crippen LogP contribution in [0.5, 0.6) is 5.88 Å². The van der Waals surface area contributed by atoms with Gasteiger partial charge in [-0.05, 0) is 30.5 Å². The van der Waals surface area contributed by atoms with Gasteiger partial charge in [0.15, 0.2) is 0 Å². The number of nitrogens with zero attached hydrogens (tertiary/aromatic N) is 1. The van der Waals surface area contributed by atoms with E-state index in [0.29, 0.717) is 5.92 Å². The fourth-order valence-electron chi connectivity index (χ4n) is 2.10. The van der Waals surface area contributed by atoms with Gasteiger partial charge < -0.3 is 10.1 Å². The number of benzene rings is 1. The maximum absolute atomic E-state index is 5.81. The molecular formula is C17H24N2O. The Kier molecular flexibility index (Phi) is 5.36. The lowest BCUT2D eigenvalue weighted by Crippen LogP contribution is -2.12. The fraction of sp³-hybridized carbons (Fsp3) is 0.471. The molecule has 108 valence electrons. The summed E-state index contributed by atoms with van der Waals surface area (Å²) >= 11 is 0. The van der Waals surface area contributed by atoms with Crippen molar-refractivity contribution in [3.8, 4) is 5.88 Å². The van der Waals surface area contributed by atoms with Crippen LogP contribution >= 0.6 is 0 Å². The van der Waals surface area contributed by atoms with Crippen LogP contribution in [0.1, 0.15) is 32.8 Å². The molecule has 20 heavy (non-hydrogen) atoms. The minimum Gasteiger partial charge on any atom is -0.478 e. The van der Waals surface area contributed by atoms with E-state index in [4.69, 9.17) is 4.74 Å². The van der Waals surface area contributed by atoms with Crippen LogP contribution in [-0.4, -0.2) is 18.1 Å². The average molecular weight is 272 g/mol. The van der Waals surface area contributed by atoms with Crippen molar-refractivity contribution in [2.75, 3.05) is 13.2 Å². The second kappa shape index (κ2) is 7.25. The molecule has 2 rings (SSSR count). The first-order valence-electron chi connectivity index (χ1n) is 7.43. The Morgan fingerprint density at radius 3 is 2.80 bits per heavy atom. The number of pyridine rings is 1. The molecule has 0 fully saturated rings. The molecule has 3 nitrogen and oxygen atoms in total. The Balaban J connectivity index is 2.22. The van der Waals surface area contributed by atoms with E-state index in [0.717, 1.165) is 37.5 Å². The first-order valence-corrected chi connectivity index (χ1v) is 7.43. The zero-order valence-electron chi connectivity index (χ0n) is 12.6. The highest BCUT2D eigenvalue weighted by molar-refractivity contribution is 5.82. The third-order valence-electron chi connectivity index (χ3n) is 3.29. The van der Waals surface area contributed by atoms with E-state index in [9.17, 15) is 0 Å². The van der Waals surface area contributed by atoms with Crippen molar-refractivity contribution >= 4 is 10.9 Å². The van der Waals surface area contributed by atoms with Gasteiger partial charge in [-0.2, -0.15) is 0 Å². The number of hydrogen-bond acceptors (Lipinski definition) is 3. The summed E-state index contributed by atoms with van der Waals surface area (Å²) in [5.74, 6) is 1.38. The van der Waals surface area contributed by atoms with Crippen LogP contribution in [0, 0.1) is 5.92 Å². The maximum atomic E-state index is 5.81. The number of rotatable bonds is 7. The van der Waals surface area contributed by atoms with E-state index in [1.807, 2.05) is 12.1 Å². The monoisotopic (exact) mass is 272 g/mol. The SMILES string of the molecule is CCNCc1cc(OCCC(C)C)nc2ccccc12. The summed E-state index contributed by atoms with van der Waals surface area (Å²) in [5, 5.41) is 4.57. The highest BCUT2D eigenvalue weighted by atomic mass is 16.5. The molecule has 1 heterocycles. The first kappa shape index (κ1) is 14.8. The van der Waals surface area contributed by atoms with Gasteiger partial charge in [-0.1, -0.05) is 39.0 Å². The van der Waals surface area contributed by atoms with Crippen molar-refractivity contribution in [3.05, 3.63) is 35.9 Å². The molecule has 0 unspecified atom stereocenters. The number of fused-ring (bicyclic) bond motifs is 1. The molecule has 0 atom stereocenters. The summed E-state index contributed by atoms with van der Waals surface area (Å²) in [6.45, 7) is 9.05. The van der Waals surface area contributed by atoms with Gasteiger partial charge in [-0.3, -0.25) is 0 Å². The lowest BCUT2D eigenvalue weighted by molar-refractivity contribution is 0.280. The molecule has 0 aliphatic heterocycles. The largest absolute Gasteiger partial charge is 0.478 e. The van der Waals surface area contributed by atoms with Gasteiger partial charge >= 0.3 is 0 Å². The highest BCUT2D eigenvalue weighted by Gasteiger charge is 2.06. The Morgan fingerprint density at radius 2 is 2.05 bits per heavy atom. The molecule has 0 radical (unpaired) electrons. The molecular weight excluding hydrogens is 248 g/mol. The van der Waals surface area contributed by atoms with Crippen LogP contribution in [0.2, 0.25) is 0 Å². The number of ether oxygens (including phenoxy) is 1. The Morgan fingerprint density at radius 1 is 1.25 bits per heavy atom. The lowest BCUT2D eigenvalue weighted by Gasteiger charge is -2.12. The Labute approximate surface area is 121 Å². The number of para-hydroxylation sites is 1. The van der Waals surface area contributed by atoms with Crippen molar-refractivity contribution < 1.29 is 4.74 Å². The van der Waals surface area contributed by atoms with Crippen LogP contribution < -0.4 is 10.1 Å². The summed E-state index contributed by atoms with van der Waals surface area (Å²) < 4.78 is 5.81. The summed E-state index contributed by atoms with van der Waals surface area (Å²) in [6.07, 6.45) is 1.05. The molecule has 1 aromatic heterocycles. The third kappa shape index (κ3) is 3.94. The standard InChI is InChI=1S/C17H24N2O/c1-4-18-12-14-11-17(20-10-9-13(2)3)19-16-8-6-5-7-15(14)16/h5-8,11,13,18H,4,9-10,12H2,1-3H3. The van der Waals surface area contributed by atoms with Crippen molar-refractivity contribution in [3.63, 3.8) is 0 Å². The van der Waals surface area contributed by atoms with E-state index < -0.39 is 0 Å². The van der Waals surface area contributed by atoms with E-state index in [-0.39, 0.29) is 0 Å². The van der Waals surface area contributed by atoms with Crippen LogP contribution in [0.15, 0.2) is 30.3 Å². The molecule has 2 aromatic rings. The summed E-state index contributed by atoms with van der Waals surface area (Å²) in [4.78, 5) is 4.59. The van der Waals surface area contributed by atoms with Crippen molar-refractivity contribution in [1.82, 2.24) is 10.3 Å². The van der Waals surface area contributed by atoms with E-state index in [2.05, 4.69) is 49.3 Å². The fourth-order valence-corrected chi connectivity index (χ4v) is 2.10. The van der Waals surface area contributed by atoms with Crippen LogP contribution in [0.3, 0.4) is 0 Å². The molecule has 0 spiro atoms. The van der Waals surface area contributed by atoms with Crippen LogP contribution in [-0.2, 0) is 6.54 Å². The van der Waals surface area contributed by atoms with E-state index >= 15 is 0 Å². The molecule has 1 N–H and O–H groups in total. The first-order chi connectivity index (χ1) is 9.70. The Hall–Kier alpha value is -1.61. The number of hydrogen-bond donors (Lipinski definition) is 1. The minimum atomic E-state index is 0.650. The molecule has 0 saturated heterocycles. The van der Waals surface area contributed by atoms with Gasteiger partial charge in [0.2, 0.25) is 5.88 Å². The highest BCUT2D eigenvalue weighted by Crippen LogP contribution is 2.22. The van der Waals surface area contributed by atoms with Gasteiger partial charge in [0.25, 0.3) is 0 Å². The summed E-state index contributed by atoms with van der Waals surface area (Å²) in [6, 6.07) is 10.3. The predicted octanol–water partition coefficient (Wildman–Crippen LogP) is 3.77. The molecule has 3 heteroatoms. The van der Waals surface area contributed by atoms with Gasteiger partial charge in [-0.15, -0.1) is 0 Å². The van der Waals surface area contributed by atoms with E-state index in [1.54, 1.807) is 0 Å². The third-order valence-corrected chi connectivity index (χ3v) is 3.29. The number of aromatic nitrogens is 1.